The molecule has 3 heteroatoms. The van der Waals surface area contributed by atoms with E-state index in [4.69, 9.17) is 9.47 Å². The van der Waals surface area contributed by atoms with E-state index in [9.17, 15) is 0 Å². The second kappa shape index (κ2) is 8.61. The van der Waals surface area contributed by atoms with Crippen LogP contribution in [0.25, 0.3) is 43.8 Å². The molecule has 2 aliphatic rings. The van der Waals surface area contributed by atoms with Crippen LogP contribution < -0.4 is 25.9 Å². The van der Waals surface area contributed by atoms with Crippen LogP contribution in [-0.4, -0.2) is 6.71 Å². The maximum absolute atomic E-state index is 6.82. The summed E-state index contributed by atoms with van der Waals surface area (Å²) in [5.41, 5.74) is 7.81. The molecule has 2 nitrogen and oxygen atoms in total. The fourth-order valence-corrected chi connectivity index (χ4v) is 6.62. The van der Waals surface area contributed by atoms with E-state index in [1.807, 2.05) is 0 Å². The van der Waals surface area contributed by atoms with Gasteiger partial charge in [-0.25, -0.2) is 0 Å². The number of hydrogen-bond acceptors (Lipinski definition) is 2. The van der Waals surface area contributed by atoms with Crippen LogP contribution in [0, 0.1) is 0 Å². The van der Waals surface area contributed by atoms with Gasteiger partial charge in [0, 0.05) is 16.6 Å². The first-order valence-corrected chi connectivity index (χ1v) is 14.0. The SMILES string of the molecule is c1ccc2c(c1)Oc1c(-c3ccc4ccccc4c3)cc(-c3ccc4ccccc4c3)c3c1B2c1ccccc1O3. The lowest BCUT2D eigenvalue weighted by atomic mass is 9.34. The molecule has 0 unspecified atom stereocenters. The van der Waals surface area contributed by atoms with Crippen molar-refractivity contribution in [1.82, 2.24) is 0 Å². The summed E-state index contributed by atoms with van der Waals surface area (Å²) in [4.78, 5) is 0. The molecule has 0 spiro atoms. The van der Waals surface area contributed by atoms with Gasteiger partial charge in [0.15, 0.2) is 0 Å². The van der Waals surface area contributed by atoms with Crippen LogP contribution in [0.5, 0.6) is 23.0 Å². The highest BCUT2D eigenvalue weighted by Gasteiger charge is 2.42. The molecule has 7 aromatic rings. The second-order valence-electron chi connectivity index (χ2n) is 10.9. The Bertz CT molecular complexity index is 2030. The summed E-state index contributed by atoms with van der Waals surface area (Å²) in [5, 5.41) is 4.85. The van der Waals surface area contributed by atoms with Gasteiger partial charge >= 0.3 is 0 Å². The van der Waals surface area contributed by atoms with Crippen LogP contribution in [-0.2, 0) is 0 Å². The van der Waals surface area contributed by atoms with E-state index in [0.717, 1.165) is 61.6 Å². The first-order valence-electron chi connectivity index (χ1n) is 14.0. The highest BCUT2D eigenvalue weighted by atomic mass is 16.5. The van der Waals surface area contributed by atoms with E-state index in [-0.39, 0.29) is 6.71 Å². The van der Waals surface area contributed by atoms with Gasteiger partial charge in [-0.1, -0.05) is 109 Å². The van der Waals surface area contributed by atoms with Gasteiger partial charge < -0.3 is 9.47 Å². The minimum atomic E-state index is 0.00881. The van der Waals surface area contributed by atoms with Crippen molar-refractivity contribution in [2.24, 2.45) is 0 Å². The molecule has 0 radical (unpaired) electrons. The number of para-hydroxylation sites is 2. The van der Waals surface area contributed by atoms with Crippen molar-refractivity contribution in [3.8, 4) is 45.3 Å². The molecule has 0 aromatic heterocycles. The topological polar surface area (TPSA) is 18.5 Å². The van der Waals surface area contributed by atoms with Crippen molar-refractivity contribution in [3.63, 3.8) is 0 Å². The number of fused-ring (bicyclic) bond motifs is 6. The second-order valence-corrected chi connectivity index (χ2v) is 10.9. The van der Waals surface area contributed by atoms with Crippen LogP contribution >= 0.6 is 0 Å². The predicted octanol–water partition coefficient (Wildman–Crippen LogP) is 8.05. The third-order valence-corrected chi connectivity index (χ3v) is 8.56. The number of rotatable bonds is 2. The molecule has 0 amide bonds. The largest absolute Gasteiger partial charge is 0.458 e. The van der Waals surface area contributed by atoms with E-state index >= 15 is 0 Å². The molecule has 0 saturated heterocycles. The Morgan fingerprint density at radius 2 is 0.829 bits per heavy atom. The van der Waals surface area contributed by atoms with Gasteiger partial charge in [-0.15, -0.1) is 0 Å². The summed E-state index contributed by atoms with van der Waals surface area (Å²) >= 11 is 0. The standard InChI is InChI=1S/C38H23BO2/c1-3-11-26-21-28(19-17-24(26)9-1)30-23-31(29-20-18-25-10-2-4-12-27(25)22-29)38-36-37(30)40-34-15-7-5-13-32(34)39(36)33-14-6-8-16-35(33)41-38/h1-23H. The maximum Gasteiger partial charge on any atom is 0.260 e. The Hall–Kier alpha value is -5.28. The van der Waals surface area contributed by atoms with Crippen LogP contribution in [0.2, 0.25) is 0 Å². The van der Waals surface area contributed by atoms with E-state index < -0.39 is 0 Å². The van der Waals surface area contributed by atoms with E-state index in [1.165, 1.54) is 21.5 Å². The van der Waals surface area contributed by atoms with Gasteiger partial charge in [0.2, 0.25) is 0 Å². The lowest BCUT2D eigenvalue weighted by Gasteiger charge is -2.35. The summed E-state index contributed by atoms with van der Waals surface area (Å²) in [6.45, 7) is 0.00881. The Morgan fingerprint density at radius 3 is 1.34 bits per heavy atom. The Kier molecular flexibility index (Phi) is 4.73. The van der Waals surface area contributed by atoms with Crippen molar-refractivity contribution in [2.45, 2.75) is 0 Å². The predicted molar refractivity (Wildman–Crippen MR) is 170 cm³/mol. The summed E-state index contributed by atoms with van der Waals surface area (Å²) < 4.78 is 13.6. The van der Waals surface area contributed by atoms with Crippen molar-refractivity contribution in [3.05, 3.63) is 140 Å². The quantitative estimate of drug-likeness (QED) is 0.214. The van der Waals surface area contributed by atoms with Gasteiger partial charge in [0.1, 0.15) is 23.0 Å². The minimum Gasteiger partial charge on any atom is -0.458 e. The fraction of sp³-hybridized carbons (Fsp3) is 0. The molecular weight excluding hydrogens is 499 g/mol. The van der Waals surface area contributed by atoms with Crippen molar-refractivity contribution in [2.75, 3.05) is 0 Å². The van der Waals surface area contributed by atoms with Crippen molar-refractivity contribution >= 4 is 44.6 Å². The van der Waals surface area contributed by atoms with Crippen LogP contribution in [0.4, 0.5) is 0 Å². The molecule has 0 atom stereocenters. The Labute approximate surface area is 238 Å². The molecule has 0 saturated carbocycles. The molecule has 0 fully saturated rings. The minimum absolute atomic E-state index is 0.00881. The smallest absolute Gasteiger partial charge is 0.260 e. The summed E-state index contributed by atoms with van der Waals surface area (Å²) in [6, 6.07) is 49.5. The number of ether oxygens (including phenoxy) is 2. The Balaban J connectivity index is 1.39. The molecule has 41 heavy (non-hydrogen) atoms. The zero-order chi connectivity index (χ0) is 26.9. The van der Waals surface area contributed by atoms with Gasteiger partial charge in [-0.3, -0.25) is 0 Å². The summed E-state index contributed by atoms with van der Waals surface area (Å²) in [7, 11) is 0. The van der Waals surface area contributed by atoms with E-state index in [2.05, 4.69) is 140 Å². The van der Waals surface area contributed by atoms with Gasteiger partial charge in [-0.2, -0.15) is 0 Å². The van der Waals surface area contributed by atoms with Crippen molar-refractivity contribution in [1.29, 1.82) is 0 Å². The van der Waals surface area contributed by atoms with Crippen LogP contribution in [0.1, 0.15) is 0 Å². The van der Waals surface area contributed by atoms with Gasteiger partial charge in [0.05, 0.1) is 0 Å². The number of benzene rings is 7. The van der Waals surface area contributed by atoms with E-state index in [1.54, 1.807) is 0 Å². The molecular formula is C38H23BO2. The Morgan fingerprint density at radius 1 is 0.390 bits per heavy atom. The average Bonchev–Trinajstić information content (AvgIpc) is 3.04. The molecule has 190 valence electrons. The summed E-state index contributed by atoms with van der Waals surface area (Å²) in [6.07, 6.45) is 0. The lowest BCUT2D eigenvalue weighted by Crippen LogP contribution is -2.57. The number of hydrogen-bond donors (Lipinski definition) is 0. The molecule has 0 aliphatic carbocycles. The normalized spacial score (nSPS) is 12.7. The van der Waals surface area contributed by atoms with Gasteiger partial charge in [0.25, 0.3) is 6.71 Å². The van der Waals surface area contributed by atoms with Crippen LogP contribution in [0.15, 0.2) is 140 Å². The molecule has 0 bridgehead atoms. The molecule has 9 rings (SSSR count). The first-order chi connectivity index (χ1) is 20.3. The monoisotopic (exact) mass is 522 g/mol. The zero-order valence-corrected chi connectivity index (χ0v) is 22.2. The highest BCUT2D eigenvalue weighted by Crippen LogP contribution is 2.46. The first kappa shape index (κ1) is 22.5. The average molecular weight is 522 g/mol. The molecule has 2 aliphatic heterocycles. The third kappa shape index (κ3) is 3.39. The molecule has 0 N–H and O–H groups in total. The lowest BCUT2D eigenvalue weighted by molar-refractivity contribution is 0.467. The van der Waals surface area contributed by atoms with Gasteiger partial charge in [-0.05, 0) is 73.9 Å². The maximum atomic E-state index is 6.82. The molecule has 2 heterocycles. The molecule has 7 aromatic carbocycles. The highest BCUT2D eigenvalue weighted by molar-refractivity contribution is 6.98. The van der Waals surface area contributed by atoms with E-state index in [0.29, 0.717) is 0 Å². The third-order valence-electron chi connectivity index (χ3n) is 8.56. The fourth-order valence-electron chi connectivity index (χ4n) is 6.62. The summed E-state index contributed by atoms with van der Waals surface area (Å²) in [5.74, 6) is 3.54. The zero-order valence-electron chi connectivity index (χ0n) is 22.2. The van der Waals surface area contributed by atoms with Crippen molar-refractivity contribution < 1.29 is 9.47 Å². The van der Waals surface area contributed by atoms with Crippen LogP contribution in [0.3, 0.4) is 0 Å².